The van der Waals surface area contributed by atoms with Crippen LogP contribution in [0.4, 0.5) is 0 Å². The summed E-state index contributed by atoms with van der Waals surface area (Å²) in [6, 6.07) is 9.71. The molecule has 1 aromatic carbocycles. The van der Waals surface area contributed by atoms with Gasteiger partial charge in [0.25, 0.3) is 0 Å². The Labute approximate surface area is 124 Å². The van der Waals surface area contributed by atoms with Crippen molar-refractivity contribution in [3.8, 4) is 0 Å². The predicted octanol–water partition coefficient (Wildman–Crippen LogP) is 1.62. The molecule has 0 spiro atoms. The minimum absolute atomic E-state index is 0.00977. The maximum atomic E-state index is 12.1. The fraction of sp³-hybridized carbons (Fsp3) is 0.375. The van der Waals surface area contributed by atoms with Crippen LogP contribution in [0.25, 0.3) is 6.08 Å². The zero-order chi connectivity index (χ0) is 15.1. The van der Waals surface area contributed by atoms with E-state index in [1.807, 2.05) is 36.4 Å². The van der Waals surface area contributed by atoms with Gasteiger partial charge >= 0.3 is 0 Å². The molecule has 0 unspecified atom stereocenters. The molecule has 1 aliphatic heterocycles. The number of carbonyl (C=O) groups excluding carboxylic acids is 2. The van der Waals surface area contributed by atoms with Crippen LogP contribution in [0.1, 0.15) is 18.4 Å². The maximum absolute atomic E-state index is 12.1. The summed E-state index contributed by atoms with van der Waals surface area (Å²) in [5.41, 5.74) is 3.35. The highest BCUT2D eigenvalue weighted by Gasteiger charge is 2.26. The molecule has 1 fully saturated rings. The van der Waals surface area contributed by atoms with Crippen LogP contribution in [-0.2, 0) is 14.4 Å². The molecule has 0 aromatic heterocycles. The molecule has 1 N–H and O–H groups in total. The van der Waals surface area contributed by atoms with Crippen LogP contribution in [0.15, 0.2) is 36.4 Å². The Morgan fingerprint density at radius 2 is 1.90 bits per heavy atom. The summed E-state index contributed by atoms with van der Waals surface area (Å²) in [6.45, 7) is 1.19. The number of benzene rings is 1. The Balaban J connectivity index is 1.83. The van der Waals surface area contributed by atoms with Gasteiger partial charge in [-0.05, 0) is 24.5 Å². The average molecular weight is 288 g/mol. The van der Waals surface area contributed by atoms with Gasteiger partial charge < -0.3 is 4.90 Å². The lowest BCUT2D eigenvalue weighted by atomic mass is 9.96. The molecule has 1 aromatic rings. The van der Waals surface area contributed by atoms with Gasteiger partial charge in [0.05, 0.1) is 7.11 Å². The van der Waals surface area contributed by atoms with Gasteiger partial charge in [0.1, 0.15) is 0 Å². The van der Waals surface area contributed by atoms with Gasteiger partial charge in [-0.15, -0.1) is 0 Å². The third-order valence-corrected chi connectivity index (χ3v) is 3.60. The Hall–Kier alpha value is -2.14. The second-order valence-corrected chi connectivity index (χ2v) is 5.01. The lowest BCUT2D eigenvalue weighted by Gasteiger charge is -2.30. The zero-order valence-corrected chi connectivity index (χ0v) is 12.1. The van der Waals surface area contributed by atoms with Gasteiger partial charge in [-0.3, -0.25) is 14.4 Å². The molecule has 5 heteroatoms. The van der Waals surface area contributed by atoms with Crippen LogP contribution in [0, 0.1) is 5.92 Å². The van der Waals surface area contributed by atoms with E-state index in [0.717, 1.165) is 5.56 Å². The largest absolute Gasteiger partial charge is 0.339 e. The van der Waals surface area contributed by atoms with Gasteiger partial charge in [0.15, 0.2) is 0 Å². The number of amides is 2. The van der Waals surface area contributed by atoms with Crippen LogP contribution in [0.5, 0.6) is 0 Å². The lowest BCUT2D eigenvalue weighted by molar-refractivity contribution is -0.139. The van der Waals surface area contributed by atoms with Crippen LogP contribution >= 0.6 is 0 Å². The van der Waals surface area contributed by atoms with E-state index in [0.29, 0.717) is 25.9 Å². The highest BCUT2D eigenvalue weighted by molar-refractivity contribution is 5.92. The molecule has 0 bridgehead atoms. The summed E-state index contributed by atoms with van der Waals surface area (Å²) in [4.78, 5) is 30.1. The van der Waals surface area contributed by atoms with Crippen molar-refractivity contribution < 1.29 is 14.4 Å². The van der Waals surface area contributed by atoms with Crippen molar-refractivity contribution in [1.82, 2.24) is 10.4 Å². The topological polar surface area (TPSA) is 58.6 Å². The maximum Gasteiger partial charge on any atom is 0.246 e. The third-order valence-electron chi connectivity index (χ3n) is 3.60. The Morgan fingerprint density at radius 3 is 2.52 bits per heavy atom. The Kier molecular flexibility index (Phi) is 5.51. The predicted molar refractivity (Wildman–Crippen MR) is 79.9 cm³/mol. The molecule has 1 aliphatic rings. The van der Waals surface area contributed by atoms with E-state index in [2.05, 4.69) is 10.3 Å². The van der Waals surface area contributed by atoms with Gasteiger partial charge in [-0.1, -0.05) is 30.3 Å². The third kappa shape index (κ3) is 4.43. The molecular weight excluding hydrogens is 268 g/mol. The van der Waals surface area contributed by atoms with E-state index in [-0.39, 0.29) is 17.7 Å². The SMILES string of the molecule is CONC(=O)C1CCN(C(=O)/C=C/c2ccccc2)CC1. The first-order valence-electron chi connectivity index (χ1n) is 7.05. The first-order chi connectivity index (χ1) is 10.2. The van der Waals surface area contributed by atoms with Gasteiger partial charge in [0.2, 0.25) is 11.8 Å². The highest BCUT2D eigenvalue weighted by Crippen LogP contribution is 2.17. The van der Waals surface area contributed by atoms with Crippen molar-refractivity contribution in [2.45, 2.75) is 12.8 Å². The number of hydrogen-bond donors (Lipinski definition) is 1. The number of likely N-dealkylation sites (tertiary alicyclic amines) is 1. The molecule has 112 valence electrons. The Bertz CT molecular complexity index is 506. The molecule has 1 heterocycles. The fourth-order valence-electron chi connectivity index (χ4n) is 2.38. The highest BCUT2D eigenvalue weighted by atomic mass is 16.6. The fourth-order valence-corrected chi connectivity index (χ4v) is 2.38. The standard InChI is InChI=1S/C16H20N2O3/c1-21-17-16(20)14-9-11-18(12-10-14)15(19)8-7-13-5-3-2-4-6-13/h2-8,14H,9-12H2,1H3,(H,17,20)/b8-7+. The number of piperidine rings is 1. The number of nitrogens with zero attached hydrogens (tertiary/aromatic N) is 1. The Morgan fingerprint density at radius 1 is 1.24 bits per heavy atom. The van der Waals surface area contributed by atoms with Crippen LogP contribution in [0.3, 0.4) is 0 Å². The first-order valence-corrected chi connectivity index (χ1v) is 7.05. The van der Waals surface area contributed by atoms with Crippen LogP contribution in [-0.4, -0.2) is 36.9 Å². The van der Waals surface area contributed by atoms with Crippen LogP contribution < -0.4 is 5.48 Å². The number of carbonyl (C=O) groups is 2. The molecular formula is C16H20N2O3. The smallest absolute Gasteiger partial charge is 0.246 e. The molecule has 21 heavy (non-hydrogen) atoms. The van der Waals surface area contributed by atoms with Gasteiger partial charge in [0, 0.05) is 25.1 Å². The van der Waals surface area contributed by atoms with E-state index in [1.54, 1.807) is 11.0 Å². The molecule has 1 saturated heterocycles. The lowest BCUT2D eigenvalue weighted by Crippen LogP contribution is -2.42. The van der Waals surface area contributed by atoms with E-state index >= 15 is 0 Å². The van der Waals surface area contributed by atoms with E-state index in [4.69, 9.17) is 0 Å². The number of rotatable bonds is 4. The summed E-state index contributed by atoms with van der Waals surface area (Å²) in [6.07, 6.45) is 4.73. The van der Waals surface area contributed by atoms with Gasteiger partial charge in [-0.25, -0.2) is 5.48 Å². The van der Waals surface area contributed by atoms with E-state index in [9.17, 15) is 9.59 Å². The number of hydrogen-bond acceptors (Lipinski definition) is 3. The average Bonchev–Trinajstić information content (AvgIpc) is 2.54. The van der Waals surface area contributed by atoms with Crippen molar-refractivity contribution in [3.05, 3.63) is 42.0 Å². The molecule has 0 atom stereocenters. The van der Waals surface area contributed by atoms with Crippen molar-refractivity contribution >= 4 is 17.9 Å². The summed E-state index contributed by atoms with van der Waals surface area (Å²) < 4.78 is 0. The zero-order valence-electron chi connectivity index (χ0n) is 12.1. The normalized spacial score (nSPS) is 16.1. The number of nitrogens with one attached hydrogen (secondary N) is 1. The summed E-state index contributed by atoms with van der Waals surface area (Å²) in [5, 5.41) is 0. The summed E-state index contributed by atoms with van der Waals surface area (Å²) in [5.74, 6) is -0.194. The summed E-state index contributed by atoms with van der Waals surface area (Å²) >= 11 is 0. The molecule has 5 nitrogen and oxygen atoms in total. The van der Waals surface area contributed by atoms with Crippen molar-refractivity contribution in [2.75, 3.05) is 20.2 Å². The minimum atomic E-state index is -0.107. The summed E-state index contributed by atoms with van der Waals surface area (Å²) in [7, 11) is 1.42. The number of hydroxylamine groups is 1. The van der Waals surface area contributed by atoms with E-state index in [1.165, 1.54) is 7.11 Å². The second-order valence-electron chi connectivity index (χ2n) is 5.01. The first kappa shape index (κ1) is 15.3. The monoisotopic (exact) mass is 288 g/mol. The molecule has 0 saturated carbocycles. The van der Waals surface area contributed by atoms with Crippen LogP contribution in [0.2, 0.25) is 0 Å². The molecule has 0 radical (unpaired) electrons. The quantitative estimate of drug-likeness (QED) is 0.676. The minimum Gasteiger partial charge on any atom is -0.339 e. The molecule has 2 rings (SSSR count). The van der Waals surface area contributed by atoms with Crippen molar-refractivity contribution in [2.24, 2.45) is 5.92 Å². The van der Waals surface area contributed by atoms with E-state index < -0.39 is 0 Å². The van der Waals surface area contributed by atoms with Crippen molar-refractivity contribution in [1.29, 1.82) is 0 Å². The molecule has 0 aliphatic carbocycles. The van der Waals surface area contributed by atoms with Crippen molar-refractivity contribution in [3.63, 3.8) is 0 Å². The second kappa shape index (κ2) is 7.59. The molecule has 2 amide bonds. The van der Waals surface area contributed by atoms with Gasteiger partial charge in [-0.2, -0.15) is 0 Å².